The van der Waals surface area contributed by atoms with Crippen LogP contribution in [-0.2, 0) is 11.2 Å². The third kappa shape index (κ3) is 2.83. The van der Waals surface area contributed by atoms with Crippen molar-refractivity contribution in [3.8, 4) is 0 Å². The number of hydrogen-bond donors (Lipinski definition) is 1. The predicted molar refractivity (Wildman–Crippen MR) is 61.5 cm³/mol. The minimum absolute atomic E-state index is 0.354. The average Bonchev–Trinajstić information content (AvgIpc) is 2.78. The van der Waals surface area contributed by atoms with Crippen molar-refractivity contribution in [2.75, 3.05) is 20.3 Å². The zero-order valence-corrected chi connectivity index (χ0v) is 10.0. The molecule has 16 heavy (non-hydrogen) atoms. The second-order valence-corrected chi connectivity index (χ2v) is 4.48. The van der Waals surface area contributed by atoms with Gasteiger partial charge in [-0.25, -0.2) is 4.98 Å². The van der Waals surface area contributed by atoms with Crippen LogP contribution >= 0.6 is 0 Å². The lowest BCUT2D eigenvalue weighted by atomic mass is 10.0. The fourth-order valence-corrected chi connectivity index (χ4v) is 1.96. The van der Waals surface area contributed by atoms with E-state index in [0.717, 1.165) is 44.1 Å². The summed E-state index contributed by atoms with van der Waals surface area (Å²) in [5, 5.41) is 3.20. The van der Waals surface area contributed by atoms with E-state index in [2.05, 4.69) is 17.2 Å². The molecular weight excluding hydrogens is 204 g/mol. The summed E-state index contributed by atoms with van der Waals surface area (Å²) in [5.41, 5.74) is 1.03. The van der Waals surface area contributed by atoms with Gasteiger partial charge in [-0.3, -0.25) is 0 Å². The molecule has 90 valence electrons. The summed E-state index contributed by atoms with van der Waals surface area (Å²) >= 11 is 0. The molecular formula is C12H20N2O2. The van der Waals surface area contributed by atoms with Crippen molar-refractivity contribution in [1.29, 1.82) is 0 Å². The van der Waals surface area contributed by atoms with Crippen molar-refractivity contribution >= 4 is 0 Å². The first-order chi connectivity index (χ1) is 7.79. The third-order valence-electron chi connectivity index (χ3n) is 3.09. The van der Waals surface area contributed by atoms with Gasteiger partial charge in [-0.1, -0.05) is 0 Å². The highest BCUT2D eigenvalue weighted by molar-refractivity contribution is 5.03. The second kappa shape index (κ2) is 5.46. The summed E-state index contributed by atoms with van der Waals surface area (Å²) < 4.78 is 11.0. The van der Waals surface area contributed by atoms with Crippen LogP contribution in [0.25, 0.3) is 0 Å². The topological polar surface area (TPSA) is 47.3 Å². The Labute approximate surface area is 96.4 Å². The quantitative estimate of drug-likeness (QED) is 0.846. The molecule has 4 heteroatoms. The largest absolute Gasteiger partial charge is 0.448 e. The van der Waals surface area contributed by atoms with E-state index in [-0.39, 0.29) is 0 Å². The van der Waals surface area contributed by atoms with E-state index in [1.165, 1.54) is 0 Å². The highest BCUT2D eigenvalue weighted by Crippen LogP contribution is 2.24. The molecule has 1 aliphatic rings. The van der Waals surface area contributed by atoms with Crippen molar-refractivity contribution in [3.05, 3.63) is 17.8 Å². The molecule has 0 saturated carbocycles. The van der Waals surface area contributed by atoms with Crippen molar-refractivity contribution < 1.29 is 9.15 Å². The van der Waals surface area contributed by atoms with E-state index < -0.39 is 0 Å². The molecule has 2 unspecified atom stereocenters. The Balaban J connectivity index is 1.95. The Kier molecular flexibility index (Phi) is 3.96. The molecule has 2 heterocycles. The highest BCUT2D eigenvalue weighted by atomic mass is 16.5. The number of likely N-dealkylation sites (N-methyl/N-ethyl adjacent to an activating group) is 1. The first kappa shape index (κ1) is 11.6. The number of nitrogens with one attached hydrogen (secondary N) is 1. The van der Waals surface area contributed by atoms with E-state index in [1.54, 1.807) is 6.26 Å². The molecule has 1 aromatic rings. The molecule has 0 amide bonds. The van der Waals surface area contributed by atoms with Crippen LogP contribution in [0.2, 0.25) is 0 Å². The van der Waals surface area contributed by atoms with Crippen molar-refractivity contribution in [1.82, 2.24) is 10.3 Å². The number of ether oxygens (including phenoxy) is 1. The smallest absolute Gasteiger partial charge is 0.199 e. The second-order valence-electron chi connectivity index (χ2n) is 4.48. The van der Waals surface area contributed by atoms with Gasteiger partial charge in [-0.15, -0.1) is 0 Å². The highest BCUT2D eigenvalue weighted by Gasteiger charge is 2.21. The molecule has 0 radical (unpaired) electrons. The van der Waals surface area contributed by atoms with E-state index in [1.807, 2.05) is 7.05 Å². The van der Waals surface area contributed by atoms with E-state index >= 15 is 0 Å². The van der Waals surface area contributed by atoms with Crippen LogP contribution in [0.4, 0.5) is 0 Å². The average molecular weight is 224 g/mol. The number of nitrogens with zero attached hydrogens (tertiary/aromatic N) is 1. The van der Waals surface area contributed by atoms with Crippen molar-refractivity contribution in [2.45, 2.75) is 38.1 Å². The van der Waals surface area contributed by atoms with Gasteiger partial charge < -0.3 is 14.5 Å². The van der Waals surface area contributed by atoms with Crippen molar-refractivity contribution in [2.24, 2.45) is 0 Å². The Morgan fingerprint density at radius 1 is 1.62 bits per heavy atom. The minimum Gasteiger partial charge on any atom is -0.448 e. The molecule has 0 bridgehead atoms. The molecule has 2 rings (SSSR count). The number of rotatable bonds is 4. The first-order valence-electron chi connectivity index (χ1n) is 5.99. The van der Waals surface area contributed by atoms with Gasteiger partial charge in [-0.2, -0.15) is 0 Å². The molecule has 1 fully saturated rings. The molecule has 0 spiro atoms. The summed E-state index contributed by atoms with van der Waals surface area (Å²) in [6.45, 7) is 3.76. The molecule has 1 aromatic heterocycles. The monoisotopic (exact) mass is 224 g/mol. The van der Waals surface area contributed by atoms with E-state index in [9.17, 15) is 0 Å². The predicted octanol–water partition coefficient (Wildman–Crippen LogP) is 1.72. The molecule has 4 nitrogen and oxygen atoms in total. The molecule has 1 N–H and O–H groups in total. The maximum absolute atomic E-state index is 5.53. The molecule has 0 aromatic carbocycles. The first-order valence-corrected chi connectivity index (χ1v) is 5.99. The van der Waals surface area contributed by atoms with Crippen LogP contribution in [0, 0.1) is 0 Å². The van der Waals surface area contributed by atoms with Crippen LogP contribution in [0.3, 0.4) is 0 Å². The summed E-state index contributed by atoms with van der Waals surface area (Å²) in [6, 6.07) is 0.431. The molecule has 0 aliphatic carbocycles. The fourth-order valence-electron chi connectivity index (χ4n) is 1.96. The summed E-state index contributed by atoms with van der Waals surface area (Å²) in [4.78, 5) is 4.54. The summed E-state index contributed by atoms with van der Waals surface area (Å²) in [7, 11) is 1.96. The van der Waals surface area contributed by atoms with Crippen LogP contribution in [0.15, 0.2) is 10.7 Å². The SMILES string of the molecule is CNC(C)Cc1coc(C2CCCOC2)n1. The fraction of sp³-hybridized carbons (Fsp3) is 0.750. The van der Waals surface area contributed by atoms with E-state index in [0.29, 0.717) is 12.0 Å². The number of aromatic nitrogens is 1. The Morgan fingerprint density at radius 2 is 2.50 bits per heavy atom. The van der Waals surface area contributed by atoms with Gasteiger partial charge in [0.1, 0.15) is 6.26 Å². The normalized spacial score (nSPS) is 23.2. The Bertz CT molecular complexity index is 319. The maximum atomic E-state index is 5.53. The Hall–Kier alpha value is -0.870. The van der Waals surface area contributed by atoms with Crippen LogP contribution in [-0.4, -0.2) is 31.3 Å². The zero-order valence-electron chi connectivity index (χ0n) is 10.0. The van der Waals surface area contributed by atoms with Gasteiger partial charge in [0.15, 0.2) is 5.89 Å². The van der Waals surface area contributed by atoms with Gasteiger partial charge in [0, 0.05) is 19.1 Å². The summed E-state index contributed by atoms with van der Waals surface area (Å²) in [5.74, 6) is 1.20. The standard InChI is InChI=1S/C12H20N2O2/c1-9(13-2)6-11-8-16-12(14-11)10-4-3-5-15-7-10/h8-10,13H,3-7H2,1-2H3. The molecule has 2 atom stereocenters. The van der Waals surface area contributed by atoms with Crippen LogP contribution < -0.4 is 5.32 Å². The molecule has 1 saturated heterocycles. The molecule has 1 aliphatic heterocycles. The van der Waals surface area contributed by atoms with Crippen LogP contribution in [0.5, 0.6) is 0 Å². The number of hydrogen-bond acceptors (Lipinski definition) is 4. The van der Waals surface area contributed by atoms with E-state index in [4.69, 9.17) is 9.15 Å². The van der Waals surface area contributed by atoms with Gasteiger partial charge in [-0.05, 0) is 26.8 Å². The lowest BCUT2D eigenvalue weighted by Crippen LogP contribution is -2.23. The maximum Gasteiger partial charge on any atom is 0.199 e. The summed E-state index contributed by atoms with van der Waals surface area (Å²) in [6.07, 6.45) is 4.92. The van der Waals surface area contributed by atoms with Crippen LogP contribution in [0.1, 0.15) is 37.3 Å². The lowest BCUT2D eigenvalue weighted by molar-refractivity contribution is 0.0725. The third-order valence-corrected chi connectivity index (χ3v) is 3.09. The zero-order chi connectivity index (χ0) is 11.4. The minimum atomic E-state index is 0.354. The van der Waals surface area contributed by atoms with Gasteiger partial charge >= 0.3 is 0 Å². The van der Waals surface area contributed by atoms with Gasteiger partial charge in [0.05, 0.1) is 18.2 Å². The lowest BCUT2D eigenvalue weighted by Gasteiger charge is -2.18. The Morgan fingerprint density at radius 3 is 3.19 bits per heavy atom. The van der Waals surface area contributed by atoms with Gasteiger partial charge in [0.2, 0.25) is 0 Å². The van der Waals surface area contributed by atoms with Crippen molar-refractivity contribution in [3.63, 3.8) is 0 Å². The number of oxazole rings is 1. The van der Waals surface area contributed by atoms with Gasteiger partial charge in [0.25, 0.3) is 0 Å².